The molecule has 0 aromatic heterocycles. The third kappa shape index (κ3) is 1.97. The molecule has 24 heavy (non-hydrogen) atoms. The Morgan fingerprint density at radius 2 is 2.33 bits per heavy atom. The fraction of sp³-hybridized carbons (Fsp3) is 0.632. The van der Waals surface area contributed by atoms with E-state index in [0.29, 0.717) is 6.61 Å². The van der Waals surface area contributed by atoms with Crippen LogP contribution in [0.1, 0.15) is 33.1 Å². The predicted molar refractivity (Wildman–Crippen MR) is 87.9 cm³/mol. The third-order valence-corrected chi connectivity index (χ3v) is 5.64. The summed E-state index contributed by atoms with van der Waals surface area (Å²) in [5.41, 5.74) is 2.55. The molecule has 0 amide bonds. The molecule has 0 saturated carbocycles. The number of ether oxygens (including phenoxy) is 3. The van der Waals surface area contributed by atoms with Crippen LogP contribution in [-0.4, -0.2) is 55.1 Å². The predicted octanol–water partition coefficient (Wildman–Crippen LogP) is 1.79. The number of carbonyl (C=O) groups excluding carboxylic acids is 1. The van der Waals surface area contributed by atoms with Gasteiger partial charge in [0.05, 0.1) is 6.04 Å². The lowest BCUT2D eigenvalue weighted by Gasteiger charge is -2.43. The highest BCUT2D eigenvalue weighted by Gasteiger charge is 2.68. The Morgan fingerprint density at radius 3 is 3.08 bits per heavy atom. The Labute approximate surface area is 142 Å². The maximum absolute atomic E-state index is 12.0. The van der Waals surface area contributed by atoms with Crippen LogP contribution in [0.5, 0.6) is 0 Å². The van der Waals surface area contributed by atoms with E-state index in [1.54, 1.807) is 13.2 Å². The van der Waals surface area contributed by atoms with Crippen molar-refractivity contribution in [3.63, 3.8) is 0 Å². The Kier molecular flexibility index (Phi) is 3.80. The second-order valence-electron chi connectivity index (χ2n) is 6.72. The molecule has 0 aromatic rings. The van der Waals surface area contributed by atoms with Crippen LogP contribution in [0.15, 0.2) is 22.8 Å². The third-order valence-electron chi connectivity index (χ3n) is 5.64. The highest BCUT2D eigenvalue weighted by atomic mass is 16.7. The SMILES string of the molecule is CCOC(C#CC1=C2[C@H](C)N3CCCCC3[C@]23OC(=O)C=C13)OC. The first-order valence-electron chi connectivity index (χ1n) is 8.75. The first-order valence-corrected chi connectivity index (χ1v) is 8.75. The van der Waals surface area contributed by atoms with Crippen molar-refractivity contribution >= 4 is 5.97 Å². The summed E-state index contributed by atoms with van der Waals surface area (Å²) >= 11 is 0. The molecule has 0 aromatic carbocycles. The van der Waals surface area contributed by atoms with E-state index in [1.165, 1.54) is 18.4 Å². The summed E-state index contributed by atoms with van der Waals surface area (Å²) in [4.78, 5) is 14.5. The Balaban J connectivity index is 1.74. The number of nitrogens with zero attached hydrogens (tertiary/aromatic N) is 1. The standard InChI is InChI=1S/C19H23NO4/c1-4-23-17(22-3)9-8-13-14-11-16(21)24-19(14)15-7-5-6-10-20(15)12(2)18(13)19/h11-12,15,17H,4-7,10H2,1-3H3/t12-,15?,17?,19-/m0/s1. The summed E-state index contributed by atoms with van der Waals surface area (Å²) < 4.78 is 16.5. The van der Waals surface area contributed by atoms with E-state index in [4.69, 9.17) is 14.2 Å². The van der Waals surface area contributed by atoms with Gasteiger partial charge in [-0.25, -0.2) is 4.79 Å². The van der Waals surface area contributed by atoms with Gasteiger partial charge in [-0.2, -0.15) is 0 Å². The molecule has 5 nitrogen and oxygen atoms in total. The van der Waals surface area contributed by atoms with Gasteiger partial charge in [-0.3, -0.25) is 4.90 Å². The van der Waals surface area contributed by atoms with E-state index in [0.717, 1.165) is 24.1 Å². The largest absolute Gasteiger partial charge is 0.445 e. The molecule has 2 fully saturated rings. The van der Waals surface area contributed by atoms with Gasteiger partial charge in [0.2, 0.25) is 6.29 Å². The van der Waals surface area contributed by atoms with Crippen LogP contribution in [0.4, 0.5) is 0 Å². The molecule has 2 unspecified atom stereocenters. The average molecular weight is 329 g/mol. The minimum Gasteiger partial charge on any atom is -0.445 e. The zero-order chi connectivity index (χ0) is 16.9. The number of hydrogen-bond acceptors (Lipinski definition) is 5. The highest BCUT2D eigenvalue weighted by Crippen LogP contribution is 2.61. The number of esters is 1. The second-order valence-corrected chi connectivity index (χ2v) is 6.72. The summed E-state index contributed by atoms with van der Waals surface area (Å²) in [6.45, 7) is 5.71. The minimum atomic E-state index is -0.545. The fourth-order valence-electron chi connectivity index (χ4n) is 4.75. The summed E-state index contributed by atoms with van der Waals surface area (Å²) in [5.74, 6) is 5.99. The van der Waals surface area contributed by atoms with Crippen molar-refractivity contribution in [3.05, 3.63) is 22.8 Å². The van der Waals surface area contributed by atoms with Crippen molar-refractivity contribution < 1.29 is 19.0 Å². The lowest BCUT2D eigenvalue weighted by atomic mass is 9.65. The topological polar surface area (TPSA) is 48.0 Å². The van der Waals surface area contributed by atoms with Gasteiger partial charge in [0.25, 0.3) is 0 Å². The van der Waals surface area contributed by atoms with E-state index in [2.05, 4.69) is 23.7 Å². The van der Waals surface area contributed by atoms with Crippen LogP contribution >= 0.6 is 0 Å². The van der Waals surface area contributed by atoms with Gasteiger partial charge in [0, 0.05) is 42.6 Å². The van der Waals surface area contributed by atoms with E-state index in [-0.39, 0.29) is 18.1 Å². The summed E-state index contributed by atoms with van der Waals surface area (Å²) in [6, 6.07) is 0.528. The molecule has 3 heterocycles. The van der Waals surface area contributed by atoms with Gasteiger partial charge in [-0.05, 0) is 39.2 Å². The summed E-state index contributed by atoms with van der Waals surface area (Å²) in [5, 5.41) is 0. The molecule has 1 aliphatic carbocycles. The monoisotopic (exact) mass is 329 g/mol. The minimum absolute atomic E-state index is 0.243. The van der Waals surface area contributed by atoms with Crippen molar-refractivity contribution in [1.29, 1.82) is 0 Å². The first-order chi connectivity index (χ1) is 11.6. The van der Waals surface area contributed by atoms with E-state index in [1.807, 2.05) is 6.92 Å². The van der Waals surface area contributed by atoms with Crippen molar-refractivity contribution in [3.8, 4) is 11.8 Å². The number of carbonyl (C=O) groups is 1. The van der Waals surface area contributed by atoms with Crippen LogP contribution in [0.2, 0.25) is 0 Å². The maximum atomic E-state index is 12.0. The first kappa shape index (κ1) is 15.9. The number of fused-ring (bicyclic) bond motifs is 1. The number of rotatable bonds is 3. The molecular formula is C19H23NO4. The molecule has 128 valence electrons. The lowest BCUT2D eigenvalue weighted by Crippen LogP contribution is -2.52. The lowest BCUT2D eigenvalue weighted by molar-refractivity contribution is -0.146. The maximum Gasteiger partial charge on any atom is 0.332 e. The highest BCUT2D eigenvalue weighted by molar-refractivity contribution is 5.94. The molecule has 4 atom stereocenters. The molecule has 4 aliphatic rings. The van der Waals surface area contributed by atoms with Crippen LogP contribution in [0.25, 0.3) is 0 Å². The van der Waals surface area contributed by atoms with Crippen molar-refractivity contribution in [1.82, 2.24) is 4.90 Å². The van der Waals surface area contributed by atoms with Crippen LogP contribution in [-0.2, 0) is 19.0 Å². The zero-order valence-electron chi connectivity index (χ0n) is 14.4. The van der Waals surface area contributed by atoms with E-state index >= 15 is 0 Å². The quantitative estimate of drug-likeness (QED) is 0.449. The molecule has 0 N–H and O–H groups in total. The smallest absolute Gasteiger partial charge is 0.332 e. The second kappa shape index (κ2) is 5.73. The normalized spacial score (nSPS) is 35.1. The van der Waals surface area contributed by atoms with Gasteiger partial charge in [-0.1, -0.05) is 12.3 Å². The Morgan fingerprint density at radius 1 is 1.50 bits per heavy atom. The summed E-state index contributed by atoms with van der Waals surface area (Å²) in [6.07, 6.45) is 4.54. The van der Waals surface area contributed by atoms with Crippen molar-refractivity contribution in [2.75, 3.05) is 20.3 Å². The molecule has 0 radical (unpaired) electrons. The molecule has 1 spiro atoms. The van der Waals surface area contributed by atoms with Crippen LogP contribution < -0.4 is 0 Å². The van der Waals surface area contributed by atoms with Crippen LogP contribution in [0, 0.1) is 11.8 Å². The van der Waals surface area contributed by atoms with Crippen molar-refractivity contribution in [2.24, 2.45) is 0 Å². The Bertz CT molecular complexity index is 698. The number of hydrogen-bond donors (Lipinski definition) is 0. The van der Waals surface area contributed by atoms with Gasteiger partial charge in [-0.15, -0.1) is 0 Å². The molecule has 0 bridgehead atoms. The van der Waals surface area contributed by atoms with Gasteiger partial charge in [0.1, 0.15) is 0 Å². The van der Waals surface area contributed by atoms with Crippen molar-refractivity contribution in [2.45, 2.75) is 57.1 Å². The molecule has 2 saturated heterocycles. The molecule has 3 aliphatic heterocycles. The zero-order valence-corrected chi connectivity index (χ0v) is 14.4. The number of methoxy groups -OCH3 is 1. The molecule has 4 rings (SSSR count). The fourth-order valence-corrected chi connectivity index (χ4v) is 4.75. The van der Waals surface area contributed by atoms with E-state index < -0.39 is 11.9 Å². The van der Waals surface area contributed by atoms with Gasteiger partial charge < -0.3 is 14.2 Å². The molecule has 5 heteroatoms. The van der Waals surface area contributed by atoms with E-state index in [9.17, 15) is 4.79 Å². The van der Waals surface area contributed by atoms with Gasteiger partial charge >= 0.3 is 5.97 Å². The number of piperidine rings is 1. The summed E-state index contributed by atoms with van der Waals surface area (Å²) in [7, 11) is 1.58. The average Bonchev–Trinajstić information content (AvgIpc) is 2.98. The van der Waals surface area contributed by atoms with Gasteiger partial charge in [0.15, 0.2) is 5.60 Å². The Hall–Kier alpha value is -1.61. The van der Waals surface area contributed by atoms with Crippen LogP contribution in [0.3, 0.4) is 0 Å². The molecular weight excluding hydrogens is 306 g/mol.